The molecule has 0 atom stereocenters. The van der Waals surface area contributed by atoms with Crippen LogP contribution in [0.4, 0.5) is 23.2 Å². The Morgan fingerprint density at radius 3 is 2.57 bits per heavy atom. The molecule has 0 aliphatic rings. The molecule has 0 fully saturated rings. The van der Waals surface area contributed by atoms with Gasteiger partial charge in [0.25, 0.3) is 0 Å². The third-order valence-corrected chi connectivity index (χ3v) is 2.70. The number of nitrogens with one attached hydrogen (secondary N) is 1. The standard InChI is InChI=1S/C12H10F4N4O/c1-20-6-17-19-9(20)7-4-2-3-5-8(7)18-11(21)12(15,16)10(13)14/h2-6,10H,1H3,(H,18,21). The molecule has 0 aliphatic heterocycles. The summed E-state index contributed by atoms with van der Waals surface area (Å²) in [5, 5.41) is 9.20. The molecule has 112 valence electrons. The van der Waals surface area contributed by atoms with Crippen LogP contribution >= 0.6 is 0 Å². The normalized spacial score (nSPS) is 11.7. The van der Waals surface area contributed by atoms with E-state index in [0.717, 1.165) is 0 Å². The predicted octanol–water partition coefficient (Wildman–Crippen LogP) is 2.32. The first kappa shape index (κ1) is 14.9. The number of halogens is 4. The number of benzene rings is 1. The Morgan fingerprint density at radius 2 is 2.00 bits per heavy atom. The number of aryl methyl sites for hydroxylation is 1. The van der Waals surface area contributed by atoms with Gasteiger partial charge in [0.15, 0.2) is 5.82 Å². The zero-order valence-corrected chi connectivity index (χ0v) is 10.7. The Labute approximate surface area is 116 Å². The van der Waals surface area contributed by atoms with Crippen LogP contribution in [0.25, 0.3) is 11.4 Å². The van der Waals surface area contributed by atoms with E-state index in [0.29, 0.717) is 5.82 Å². The number of hydrogen-bond acceptors (Lipinski definition) is 3. The maximum absolute atomic E-state index is 13.0. The SMILES string of the molecule is Cn1cnnc1-c1ccccc1NC(=O)C(F)(F)C(F)F. The summed E-state index contributed by atoms with van der Waals surface area (Å²) in [5.74, 6) is -6.55. The van der Waals surface area contributed by atoms with Gasteiger partial charge in [-0.1, -0.05) is 12.1 Å². The summed E-state index contributed by atoms with van der Waals surface area (Å²) in [6, 6.07) is 5.87. The summed E-state index contributed by atoms with van der Waals surface area (Å²) >= 11 is 0. The fourth-order valence-corrected chi connectivity index (χ4v) is 1.62. The van der Waals surface area contributed by atoms with Gasteiger partial charge < -0.3 is 9.88 Å². The van der Waals surface area contributed by atoms with Crippen molar-refractivity contribution in [3.8, 4) is 11.4 Å². The van der Waals surface area contributed by atoms with E-state index in [1.807, 2.05) is 0 Å². The van der Waals surface area contributed by atoms with Gasteiger partial charge in [0.05, 0.1) is 5.69 Å². The van der Waals surface area contributed by atoms with Crippen molar-refractivity contribution < 1.29 is 22.4 Å². The van der Waals surface area contributed by atoms with E-state index in [1.165, 1.54) is 29.1 Å². The summed E-state index contributed by atoms with van der Waals surface area (Å²) in [4.78, 5) is 11.3. The minimum atomic E-state index is -4.77. The number of para-hydroxylation sites is 1. The maximum atomic E-state index is 13.0. The third-order valence-electron chi connectivity index (χ3n) is 2.70. The predicted molar refractivity (Wildman–Crippen MR) is 66.0 cm³/mol. The molecular weight excluding hydrogens is 292 g/mol. The van der Waals surface area contributed by atoms with Crippen molar-refractivity contribution in [2.24, 2.45) is 7.05 Å². The van der Waals surface area contributed by atoms with Crippen LogP contribution in [0.3, 0.4) is 0 Å². The Balaban J connectivity index is 2.35. The van der Waals surface area contributed by atoms with Crippen molar-refractivity contribution in [3.63, 3.8) is 0 Å². The van der Waals surface area contributed by atoms with Gasteiger partial charge in [-0.05, 0) is 12.1 Å². The zero-order chi connectivity index (χ0) is 15.6. The highest BCUT2D eigenvalue weighted by atomic mass is 19.3. The second-order valence-electron chi connectivity index (χ2n) is 4.19. The average Bonchev–Trinajstić information content (AvgIpc) is 2.85. The highest BCUT2D eigenvalue weighted by Crippen LogP contribution is 2.29. The molecule has 2 aromatic rings. The fraction of sp³-hybridized carbons (Fsp3) is 0.250. The lowest BCUT2D eigenvalue weighted by Crippen LogP contribution is -2.41. The molecule has 1 heterocycles. The van der Waals surface area contributed by atoms with Gasteiger partial charge in [-0.15, -0.1) is 10.2 Å². The first-order chi connectivity index (χ1) is 9.84. The number of carbonyl (C=O) groups excluding carboxylic acids is 1. The molecule has 2 rings (SSSR count). The zero-order valence-electron chi connectivity index (χ0n) is 10.7. The number of aromatic nitrogens is 3. The molecule has 1 aromatic carbocycles. The summed E-state index contributed by atoms with van der Waals surface area (Å²) < 4.78 is 51.8. The molecule has 0 radical (unpaired) electrons. The molecule has 5 nitrogen and oxygen atoms in total. The van der Waals surface area contributed by atoms with E-state index < -0.39 is 18.3 Å². The summed E-state index contributed by atoms with van der Waals surface area (Å²) in [6.45, 7) is 0. The highest BCUT2D eigenvalue weighted by Gasteiger charge is 2.49. The molecule has 0 bridgehead atoms. The van der Waals surface area contributed by atoms with Gasteiger partial charge in [-0.2, -0.15) is 8.78 Å². The fourth-order valence-electron chi connectivity index (χ4n) is 1.62. The molecule has 1 aromatic heterocycles. The number of amides is 1. The number of alkyl halides is 4. The number of carbonyl (C=O) groups is 1. The van der Waals surface area contributed by atoms with E-state index in [-0.39, 0.29) is 11.3 Å². The summed E-state index contributed by atoms with van der Waals surface area (Å²) in [7, 11) is 1.61. The first-order valence-corrected chi connectivity index (χ1v) is 5.75. The lowest BCUT2D eigenvalue weighted by atomic mass is 10.1. The van der Waals surface area contributed by atoms with Crippen LogP contribution in [0.2, 0.25) is 0 Å². The van der Waals surface area contributed by atoms with Crippen molar-refractivity contribution >= 4 is 11.6 Å². The van der Waals surface area contributed by atoms with Crippen molar-refractivity contribution in [3.05, 3.63) is 30.6 Å². The number of rotatable bonds is 4. The van der Waals surface area contributed by atoms with Crippen molar-refractivity contribution in [2.45, 2.75) is 12.3 Å². The quantitative estimate of drug-likeness (QED) is 0.882. The molecule has 0 unspecified atom stereocenters. The Bertz CT molecular complexity index is 656. The van der Waals surface area contributed by atoms with Crippen molar-refractivity contribution in [1.82, 2.24) is 14.8 Å². The van der Waals surface area contributed by atoms with Gasteiger partial charge in [0, 0.05) is 12.6 Å². The second-order valence-corrected chi connectivity index (χ2v) is 4.19. The van der Waals surface area contributed by atoms with E-state index in [9.17, 15) is 22.4 Å². The van der Waals surface area contributed by atoms with Gasteiger partial charge in [0.1, 0.15) is 6.33 Å². The number of nitrogens with zero attached hydrogens (tertiary/aromatic N) is 3. The molecule has 0 spiro atoms. The second kappa shape index (κ2) is 5.51. The lowest BCUT2D eigenvalue weighted by Gasteiger charge is -2.16. The lowest BCUT2D eigenvalue weighted by molar-refractivity contribution is -0.163. The number of hydrogen-bond donors (Lipinski definition) is 1. The summed E-state index contributed by atoms with van der Waals surface area (Å²) in [5.41, 5.74) is 0.231. The van der Waals surface area contributed by atoms with E-state index in [2.05, 4.69) is 10.2 Å². The van der Waals surface area contributed by atoms with Crippen LogP contribution in [0.1, 0.15) is 0 Å². The van der Waals surface area contributed by atoms with Gasteiger partial charge >= 0.3 is 18.3 Å². The van der Waals surface area contributed by atoms with Crippen LogP contribution in [0, 0.1) is 0 Å². The number of anilines is 1. The Hall–Kier alpha value is -2.45. The van der Waals surface area contributed by atoms with Gasteiger partial charge in [-0.3, -0.25) is 4.79 Å². The largest absolute Gasteiger partial charge is 0.383 e. The molecule has 1 amide bonds. The third kappa shape index (κ3) is 2.86. The smallest absolute Gasteiger partial charge is 0.320 e. The van der Waals surface area contributed by atoms with Gasteiger partial charge in [-0.25, -0.2) is 8.78 Å². The topological polar surface area (TPSA) is 59.8 Å². The summed E-state index contributed by atoms with van der Waals surface area (Å²) in [6.07, 6.45) is -2.71. The average molecular weight is 302 g/mol. The van der Waals surface area contributed by atoms with E-state index in [1.54, 1.807) is 18.4 Å². The minimum Gasteiger partial charge on any atom is -0.320 e. The van der Waals surface area contributed by atoms with Gasteiger partial charge in [0.2, 0.25) is 0 Å². The molecule has 9 heteroatoms. The molecule has 1 N–H and O–H groups in total. The van der Waals surface area contributed by atoms with Crippen LogP contribution in [0.5, 0.6) is 0 Å². The first-order valence-electron chi connectivity index (χ1n) is 5.75. The van der Waals surface area contributed by atoms with Crippen molar-refractivity contribution in [1.29, 1.82) is 0 Å². The van der Waals surface area contributed by atoms with E-state index >= 15 is 0 Å². The highest BCUT2D eigenvalue weighted by molar-refractivity contribution is 5.99. The van der Waals surface area contributed by atoms with Crippen LogP contribution < -0.4 is 5.32 Å². The van der Waals surface area contributed by atoms with Crippen LogP contribution in [-0.2, 0) is 11.8 Å². The minimum absolute atomic E-state index is 0.0566. The van der Waals surface area contributed by atoms with Crippen molar-refractivity contribution in [2.75, 3.05) is 5.32 Å². The molecular formula is C12H10F4N4O. The molecule has 21 heavy (non-hydrogen) atoms. The van der Waals surface area contributed by atoms with Crippen LogP contribution in [0.15, 0.2) is 30.6 Å². The monoisotopic (exact) mass is 302 g/mol. The molecule has 0 saturated carbocycles. The molecule has 0 aliphatic carbocycles. The van der Waals surface area contributed by atoms with Crippen LogP contribution in [-0.4, -0.2) is 33.0 Å². The maximum Gasteiger partial charge on any atom is 0.383 e. The van der Waals surface area contributed by atoms with E-state index in [4.69, 9.17) is 0 Å². The Kier molecular flexibility index (Phi) is 3.92. The molecule has 0 saturated heterocycles. The Morgan fingerprint density at radius 1 is 1.33 bits per heavy atom.